The van der Waals surface area contributed by atoms with Crippen LogP contribution in [0, 0.1) is 5.41 Å². The highest BCUT2D eigenvalue weighted by molar-refractivity contribution is 6.06. The first-order valence-electron chi connectivity index (χ1n) is 9.10. The van der Waals surface area contributed by atoms with Crippen molar-refractivity contribution in [1.82, 2.24) is 15.5 Å². The van der Waals surface area contributed by atoms with Gasteiger partial charge in [-0.25, -0.2) is 0 Å². The van der Waals surface area contributed by atoms with Crippen LogP contribution in [0.3, 0.4) is 0 Å². The number of hydrogen-bond acceptors (Lipinski definition) is 5. The van der Waals surface area contributed by atoms with Crippen LogP contribution in [-0.4, -0.2) is 52.2 Å². The number of nitrogens with zero attached hydrogens (tertiary/aromatic N) is 1. The molecule has 9 nitrogen and oxygen atoms in total. The largest absolute Gasteiger partial charge is 0.481 e. The number of amides is 4. The van der Waals surface area contributed by atoms with Gasteiger partial charge in [-0.15, -0.1) is 0 Å². The summed E-state index contributed by atoms with van der Waals surface area (Å²) < 4.78 is 0. The van der Waals surface area contributed by atoms with Crippen molar-refractivity contribution in [2.45, 2.75) is 38.3 Å². The van der Waals surface area contributed by atoms with Crippen molar-refractivity contribution in [2.24, 2.45) is 5.41 Å². The van der Waals surface area contributed by atoms with Crippen molar-refractivity contribution in [1.29, 1.82) is 0 Å². The van der Waals surface area contributed by atoms with Gasteiger partial charge >= 0.3 is 5.97 Å². The Kier molecular flexibility index (Phi) is 4.17. The van der Waals surface area contributed by atoms with Crippen molar-refractivity contribution >= 4 is 29.6 Å². The molecule has 3 aliphatic rings. The topological polar surface area (TPSA) is 133 Å². The van der Waals surface area contributed by atoms with Crippen molar-refractivity contribution in [3.8, 4) is 0 Å². The van der Waals surface area contributed by atoms with Crippen molar-refractivity contribution in [3.05, 3.63) is 34.9 Å². The molecule has 0 radical (unpaired) electrons. The van der Waals surface area contributed by atoms with E-state index in [0.717, 1.165) is 0 Å². The van der Waals surface area contributed by atoms with E-state index in [0.29, 0.717) is 29.5 Å². The Hall–Kier alpha value is -3.23. The zero-order valence-corrected chi connectivity index (χ0v) is 15.0. The van der Waals surface area contributed by atoms with Crippen molar-refractivity contribution in [2.75, 3.05) is 6.54 Å². The zero-order chi connectivity index (χ0) is 20.1. The summed E-state index contributed by atoms with van der Waals surface area (Å²) in [6.07, 6.45) is 1.54. The molecule has 3 N–H and O–H groups in total. The van der Waals surface area contributed by atoms with Crippen molar-refractivity contribution < 1.29 is 29.1 Å². The molecule has 4 rings (SSSR count). The minimum absolute atomic E-state index is 0.0690. The summed E-state index contributed by atoms with van der Waals surface area (Å²) in [5.74, 6) is -2.45. The molecule has 0 bridgehead atoms. The van der Waals surface area contributed by atoms with Crippen LogP contribution in [0.25, 0.3) is 0 Å². The number of rotatable bonds is 5. The second-order valence-corrected chi connectivity index (χ2v) is 7.54. The lowest BCUT2D eigenvalue weighted by Crippen LogP contribution is -2.52. The molecular formula is C19H19N3O6. The molecule has 2 aliphatic heterocycles. The Morgan fingerprint density at radius 1 is 1.25 bits per heavy atom. The minimum atomic E-state index is -0.910. The number of carboxylic acid groups (broad SMARTS) is 1. The molecule has 0 aromatic heterocycles. The van der Waals surface area contributed by atoms with E-state index in [4.69, 9.17) is 0 Å². The van der Waals surface area contributed by atoms with E-state index < -0.39 is 29.2 Å². The van der Waals surface area contributed by atoms with Gasteiger partial charge in [0.05, 0.1) is 5.41 Å². The van der Waals surface area contributed by atoms with Crippen LogP contribution < -0.4 is 10.6 Å². The molecule has 1 aromatic carbocycles. The Morgan fingerprint density at radius 3 is 2.64 bits per heavy atom. The van der Waals surface area contributed by atoms with Crippen LogP contribution in [0.15, 0.2) is 18.2 Å². The second-order valence-electron chi connectivity index (χ2n) is 7.54. The average molecular weight is 385 g/mol. The molecule has 1 unspecified atom stereocenters. The summed E-state index contributed by atoms with van der Waals surface area (Å²) in [7, 11) is 0. The summed E-state index contributed by atoms with van der Waals surface area (Å²) in [6, 6.07) is 3.94. The molecule has 1 aliphatic carbocycles. The fraction of sp³-hybridized carbons (Fsp3) is 0.421. The molecule has 28 heavy (non-hydrogen) atoms. The Balaban J connectivity index is 1.46. The fourth-order valence-electron chi connectivity index (χ4n) is 3.68. The van der Waals surface area contributed by atoms with Gasteiger partial charge in [-0.1, -0.05) is 0 Å². The summed E-state index contributed by atoms with van der Waals surface area (Å²) in [6.45, 7) is 0.250. The smallest absolute Gasteiger partial charge is 0.311 e. The van der Waals surface area contributed by atoms with Crippen LogP contribution in [0.1, 0.15) is 52.0 Å². The Morgan fingerprint density at radius 2 is 2.00 bits per heavy atom. The maximum absolute atomic E-state index is 12.6. The first-order valence-corrected chi connectivity index (χ1v) is 9.10. The van der Waals surface area contributed by atoms with Crippen LogP contribution >= 0.6 is 0 Å². The number of nitrogens with one attached hydrogen (secondary N) is 2. The molecule has 0 spiro atoms. The molecule has 4 amide bonds. The van der Waals surface area contributed by atoms with Gasteiger partial charge < -0.3 is 15.3 Å². The molecule has 1 aromatic rings. The standard InChI is InChI=1S/C19H19N3O6/c23-14-4-3-13(16(25)21-14)22-8-11-7-10(1-2-12(11)17(22)26)15(24)20-9-19(5-6-19)18(27)28/h1-2,7,13H,3-6,8-9H2,(H,20,24)(H,27,28)(H,21,23,25). The minimum Gasteiger partial charge on any atom is -0.481 e. The quantitative estimate of drug-likeness (QED) is 0.613. The van der Waals surface area contributed by atoms with Gasteiger partial charge in [0.15, 0.2) is 0 Å². The molecular weight excluding hydrogens is 366 g/mol. The maximum atomic E-state index is 12.6. The Bertz CT molecular complexity index is 920. The van der Waals surface area contributed by atoms with Crippen LogP contribution in [0.5, 0.6) is 0 Å². The lowest BCUT2D eigenvalue weighted by molar-refractivity contribution is -0.143. The van der Waals surface area contributed by atoms with Gasteiger partial charge in [-0.2, -0.15) is 0 Å². The zero-order valence-electron chi connectivity index (χ0n) is 15.0. The summed E-state index contributed by atoms with van der Waals surface area (Å²) in [4.78, 5) is 61.0. The summed E-state index contributed by atoms with van der Waals surface area (Å²) >= 11 is 0. The number of carbonyl (C=O) groups excluding carboxylic acids is 4. The predicted molar refractivity (Wildman–Crippen MR) is 94.1 cm³/mol. The fourth-order valence-corrected chi connectivity index (χ4v) is 3.68. The number of hydrogen-bond donors (Lipinski definition) is 3. The number of benzene rings is 1. The third kappa shape index (κ3) is 3.02. The number of carbonyl (C=O) groups is 5. The summed E-state index contributed by atoms with van der Waals surface area (Å²) in [5, 5.41) is 14.1. The summed E-state index contributed by atoms with van der Waals surface area (Å²) in [5.41, 5.74) is 0.523. The molecule has 1 atom stereocenters. The van der Waals surface area contributed by atoms with E-state index in [1.807, 2.05) is 0 Å². The SMILES string of the molecule is O=C1CCC(N2Cc3cc(C(=O)NCC4(C(=O)O)CC4)ccc3C2=O)C(=O)N1. The van der Waals surface area contributed by atoms with Gasteiger partial charge in [0, 0.05) is 30.6 Å². The molecule has 9 heteroatoms. The first-order chi connectivity index (χ1) is 13.3. The van der Waals surface area contributed by atoms with Gasteiger partial charge in [0.25, 0.3) is 11.8 Å². The number of fused-ring (bicyclic) bond motifs is 1. The lowest BCUT2D eigenvalue weighted by Gasteiger charge is -2.29. The maximum Gasteiger partial charge on any atom is 0.311 e. The highest BCUT2D eigenvalue weighted by atomic mass is 16.4. The first kappa shape index (κ1) is 18.1. The highest BCUT2D eigenvalue weighted by Crippen LogP contribution is 2.45. The second kappa shape index (κ2) is 6.43. The highest BCUT2D eigenvalue weighted by Gasteiger charge is 2.50. The van der Waals surface area contributed by atoms with E-state index in [-0.39, 0.29) is 37.7 Å². The third-order valence-electron chi connectivity index (χ3n) is 5.68. The van der Waals surface area contributed by atoms with Gasteiger partial charge in [-0.3, -0.25) is 29.3 Å². The van der Waals surface area contributed by atoms with Crippen LogP contribution in [0.4, 0.5) is 0 Å². The normalized spacial score (nSPS) is 22.5. The Labute approximate surface area is 160 Å². The van der Waals surface area contributed by atoms with E-state index in [2.05, 4.69) is 10.6 Å². The van der Waals surface area contributed by atoms with E-state index in [9.17, 15) is 29.1 Å². The van der Waals surface area contributed by atoms with Crippen molar-refractivity contribution in [3.63, 3.8) is 0 Å². The molecule has 146 valence electrons. The average Bonchev–Trinajstić information content (AvgIpc) is 3.39. The number of piperidine rings is 1. The van der Waals surface area contributed by atoms with Gasteiger partial charge in [0.2, 0.25) is 11.8 Å². The third-order valence-corrected chi connectivity index (χ3v) is 5.68. The number of aliphatic carboxylic acids is 1. The van der Waals surface area contributed by atoms with Crippen LogP contribution in [0.2, 0.25) is 0 Å². The van der Waals surface area contributed by atoms with Crippen LogP contribution in [-0.2, 0) is 20.9 Å². The predicted octanol–water partition coefficient (Wildman–Crippen LogP) is 0.0422. The molecule has 1 saturated heterocycles. The lowest BCUT2D eigenvalue weighted by atomic mass is 10.0. The molecule has 1 saturated carbocycles. The van der Waals surface area contributed by atoms with E-state index >= 15 is 0 Å². The number of carboxylic acids is 1. The van der Waals surface area contributed by atoms with Gasteiger partial charge in [-0.05, 0) is 43.0 Å². The molecule has 2 heterocycles. The monoisotopic (exact) mass is 385 g/mol. The molecule has 2 fully saturated rings. The van der Waals surface area contributed by atoms with E-state index in [1.54, 1.807) is 12.1 Å². The van der Waals surface area contributed by atoms with E-state index in [1.165, 1.54) is 11.0 Å². The number of imide groups is 1. The van der Waals surface area contributed by atoms with Gasteiger partial charge in [0.1, 0.15) is 6.04 Å².